The summed E-state index contributed by atoms with van der Waals surface area (Å²) in [5.74, 6) is 0.775. The molecule has 2 aromatic carbocycles. The zero-order valence-electron chi connectivity index (χ0n) is 18.6. The summed E-state index contributed by atoms with van der Waals surface area (Å²) in [4.78, 5) is 17.2. The van der Waals surface area contributed by atoms with Crippen LogP contribution in [0.4, 0.5) is 0 Å². The zero-order valence-corrected chi connectivity index (χ0v) is 18.6. The normalized spacial score (nSPS) is 20.5. The number of piperidine rings is 1. The molecular weight excluding hydrogens is 384 g/mol. The van der Waals surface area contributed by atoms with Crippen LogP contribution in [-0.2, 0) is 17.8 Å². The number of hydrogen-bond donors (Lipinski definition) is 1. The predicted molar refractivity (Wildman–Crippen MR) is 125 cm³/mol. The molecule has 2 unspecified atom stereocenters. The Labute approximate surface area is 186 Å². The summed E-state index contributed by atoms with van der Waals surface area (Å²) in [6.07, 6.45) is 6.02. The number of hydrogen-bond acceptors (Lipinski definition) is 3. The largest absolute Gasteiger partial charge is 0.396 e. The molecule has 0 bridgehead atoms. The van der Waals surface area contributed by atoms with Crippen molar-refractivity contribution < 1.29 is 9.90 Å². The van der Waals surface area contributed by atoms with Gasteiger partial charge in [0.25, 0.3) is 0 Å². The number of amides is 1. The number of unbranched alkanes of at least 4 members (excludes halogenated alkanes) is 1. The molecule has 0 saturated carbocycles. The SMILES string of the molecule is O=C1CC(c2ccccc2)CCN1CC(CO)CCCCN1CCc2ccccc2C1. The van der Waals surface area contributed by atoms with Gasteiger partial charge in [-0.25, -0.2) is 0 Å². The van der Waals surface area contributed by atoms with E-state index < -0.39 is 0 Å². The Bertz CT molecular complexity index is 838. The van der Waals surface area contributed by atoms with E-state index in [-0.39, 0.29) is 18.4 Å². The minimum atomic E-state index is 0.170. The molecule has 1 N–H and O–H groups in total. The molecule has 4 heteroatoms. The molecule has 1 saturated heterocycles. The van der Waals surface area contributed by atoms with Crippen LogP contribution in [0.3, 0.4) is 0 Å². The number of aliphatic hydroxyl groups is 1. The lowest BCUT2D eigenvalue weighted by Crippen LogP contribution is -2.41. The maximum atomic E-state index is 12.7. The molecule has 2 heterocycles. The van der Waals surface area contributed by atoms with Crippen LogP contribution in [0.25, 0.3) is 0 Å². The molecule has 4 rings (SSSR count). The summed E-state index contributed by atoms with van der Waals surface area (Å²) in [6, 6.07) is 19.2. The van der Waals surface area contributed by atoms with E-state index in [2.05, 4.69) is 53.4 Å². The lowest BCUT2D eigenvalue weighted by Gasteiger charge is -2.34. The van der Waals surface area contributed by atoms with Gasteiger partial charge in [0, 0.05) is 39.2 Å². The van der Waals surface area contributed by atoms with Crippen LogP contribution in [-0.4, -0.2) is 53.6 Å². The number of aliphatic hydroxyl groups excluding tert-OH is 1. The van der Waals surface area contributed by atoms with Crippen molar-refractivity contribution in [1.29, 1.82) is 0 Å². The lowest BCUT2D eigenvalue weighted by atomic mass is 9.88. The van der Waals surface area contributed by atoms with Gasteiger partial charge in [0.2, 0.25) is 5.91 Å². The van der Waals surface area contributed by atoms with Crippen molar-refractivity contribution in [2.24, 2.45) is 5.92 Å². The van der Waals surface area contributed by atoms with Crippen LogP contribution >= 0.6 is 0 Å². The Kier molecular flexibility index (Phi) is 7.76. The Morgan fingerprint density at radius 1 is 0.968 bits per heavy atom. The third kappa shape index (κ3) is 5.96. The molecular formula is C27H36N2O2. The van der Waals surface area contributed by atoms with E-state index in [4.69, 9.17) is 0 Å². The second-order valence-corrected chi connectivity index (χ2v) is 9.28. The standard InChI is InChI=1S/C27H36N2O2/c30-21-22(8-6-7-15-28-16-13-24-11-4-5-12-26(24)20-28)19-29-17-14-25(18-27(29)31)23-9-2-1-3-10-23/h1-5,9-12,22,25,30H,6-8,13-21H2. The highest BCUT2D eigenvalue weighted by Gasteiger charge is 2.28. The number of likely N-dealkylation sites (tertiary alicyclic amines) is 1. The van der Waals surface area contributed by atoms with Crippen LogP contribution in [0.2, 0.25) is 0 Å². The van der Waals surface area contributed by atoms with Crippen molar-refractivity contribution in [3.63, 3.8) is 0 Å². The van der Waals surface area contributed by atoms with Crippen molar-refractivity contribution >= 4 is 5.91 Å². The highest BCUT2D eigenvalue weighted by molar-refractivity contribution is 5.78. The molecule has 2 atom stereocenters. The quantitative estimate of drug-likeness (QED) is 0.618. The van der Waals surface area contributed by atoms with Gasteiger partial charge in [0.05, 0.1) is 0 Å². The molecule has 4 nitrogen and oxygen atoms in total. The second kappa shape index (κ2) is 10.9. The van der Waals surface area contributed by atoms with E-state index in [1.54, 1.807) is 0 Å². The van der Waals surface area contributed by atoms with Crippen molar-refractivity contribution in [1.82, 2.24) is 9.80 Å². The maximum absolute atomic E-state index is 12.7. The van der Waals surface area contributed by atoms with E-state index in [1.165, 1.54) is 16.7 Å². The predicted octanol–water partition coefficient (Wildman–Crippen LogP) is 4.23. The van der Waals surface area contributed by atoms with Gasteiger partial charge in [0.15, 0.2) is 0 Å². The van der Waals surface area contributed by atoms with Gasteiger partial charge < -0.3 is 10.0 Å². The number of fused-ring (bicyclic) bond motifs is 1. The number of carbonyl (C=O) groups excluding carboxylic acids is 1. The summed E-state index contributed by atoms with van der Waals surface area (Å²) in [5, 5.41) is 9.88. The molecule has 1 amide bonds. The number of nitrogens with zero attached hydrogens (tertiary/aromatic N) is 2. The van der Waals surface area contributed by atoms with E-state index in [0.29, 0.717) is 18.9 Å². The van der Waals surface area contributed by atoms with Gasteiger partial charge in [-0.15, -0.1) is 0 Å². The average molecular weight is 421 g/mol. The van der Waals surface area contributed by atoms with Gasteiger partial charge in [-0.2, -0.15) is 0 Å². The summed E-state index contributed by atoms with van der Waals surface area (Å²) in [7, 11) is 0. The first-order chi connectivity index (χ1) is 15.2. The smallest absolute Gasteiger partial charge is 0.223 e. The number of benzene rings is 2. The van der Waals surface area contributed by atoms with Crippen LogP contribution in [0.15, 0.2) is 54.6 Å². The second-order valence-electron chi connectivity index (χ2n) is 9.28. The number of carbonyl (C=O) groups is 1. The highest BCUT2D eigenvalue weighted by atomic mass is 16.3. The third-order valence-corrected chi connectivity index (χ3v) is 7.08. The van der Waals surface area contributed by atoms with Gasteiger partial charge in [0.1, 0.15) is 0 Å². The summed E-state index contributed by atoms with van der Waals surface area (Å²) >= 11 is 0. The fourth-order valence-corrected chi connectivity index (χ4v) is 5.15. The van der Waals surface area contributed by atoms with E-state index in [9.17, 15) is 9.90 Å². The zero-order chi connectivity index (χ0) is 21.5. The van der Waals surface area contributed by atoms with Crippen LogP contribution in [0.1, 0.15) is 54.7 Å². The third-order valence-electron chi connectivity index (χ3n) is 7.08. The number of rotatable bonds is 9. The molecule has 1 fully saturated rings. The van der Waals surface area contributed by atoms with Crippen LogP contribution in [0, 0.1) is 5.92 Å². The van der Waals surface area contributed by atoms with E-state index in [0.717, 1.165) is 58.3 Å². The molecule has 2 aliphatic rings. The molecule has 0 aliphatic carbocycles. The first-order valence-corrected chi connectivity index (χ1v) is 12.0. The van der Waals surface area contributed by atoms with Gasteiger partial charge in [-0.3, -0.25) is 9.69 Å². The molecule has 166 valence electrons. The molecule has 2 aliphatic heterocycles. The minimum Gasteiger partial charge on any atom is -0.396 e. The van der Waals surface area contributed by atoms with Crippen molar-refractivity contribution in [2.75, 3.05) is 32.8 Å². The molecule has 0 aromatic heterocycles. The van der Waals surface area contributed by atoms with Gasteiger partial charge in [-0.1, -0.05) is 61.0 Å². The van der Waals surface area contributed by atoms with Gasteiger partial charge >= 0.3 is 0 Å². The first kappa shape index (κ1) is 22.0. The first-order valence-electron chi connectivity index (χ1n) is 12.0. The molecule has 31 heavy (non-hydrogen) atoms. The fraction of sp³-hybridized carbons (Fsp3) is 0.519. The van der Waals surface area contributed by atoms with E-state index in [1.807, 2.05) is 11.0 Å². The molecule has 0 spiro atoms. The van der Waals surface area contributed by atoms with Crippen LogP contribution in [0.5, 0.6) is 0 Å². The maximum Gasteiger partial charge on any atom is 0.223 e. The van der Waals surface area contributed by atoms with Crippen molar-refractivity contribution in [3.05, 3.63) is 71.3 Å². The van der Waals surface area contributed by atoms with E-state index >= 15 is 0 Å². The Morgan fingerprint density at radius 2 is 1.74 bits per heavy atom. The highest BCUT2D eigenvalue weighted by Crippen LogP contribution is 2.29. The van der Waals surface area contributed by atoms with Crippen molar-refractivity contribution in [2.45, 2.75) is 51.0 Å². The summed E-state index contributed by atoms with van der Waals surface area (Å²) in [6.45, 7) is 5.00. The van der Waals surface area contributed by atoms with Crippen LogP contribution < -0.4 is 0 Å². The summed E-state index contributed by atoms with van der Waals surface area (Å²) in [5.41, 5.74) is 4.24. The fourth-order valence-electron chi connectivity index (χ4n) is 5.15. The Balaban J connectivity index is 1.17. The minimum absolute atomic E-state index is 0.170. The monoisotopic (exact) mass is 420 g/mol. The molecule has 0 radical (unpaired) electrons. The average Bonchev–Trinajstić information content (AvgIpc) is 2.82. The lowest BCUT2D eigenvalue weighted by molar-refractivity contribution is -0.134. The Morgan fingerprint density at radius 3 is 2.52 bits per heavy atom. The van der Waals surface area contributed by atoms with Gasteiger partial charge in [-0.05, 0) is 60.8 Å². The topological polar surface area (TPSA) is 43.8 Å². The Hall–Kier alpha value is -2.17. The summed E-state index contributed by atoms with van der Waals surface area (Å²) < 4.78 is 0. The molecule has 2 aromatic rings. The van der Waals surface area contributed by atoms with Crippen molar-refractivity contribution in [3.8, 4) is 0 Å².